The molecule has 1 aromatic heterocycles. The summed E-state index contributed by atoms with van der Waals surface area (Å²) in [5, 5.41) is 0. The van der Waals surface area contributed by atoms with Crippen LogP contribution in [0.2, 0.25) is 0 Å². The van der Waals surface area contributed by atoms with Crippen molar-refractivity contribution in [2.24, 2.45) is 0 Å². The van der Waals surface area contributed by atoms with Gasteiger partial charge in [-0.2, -0.15) is 0 Å². The lowest BCUT2D eigenvalue weighted by Gasteiger charge is -2.16. The standard InChI is InChI=1S/C19H23N3O/c1-13-11-20-19(21-13)17-7-8-22(12-17)18(23)10-14-5-6-15-3-2-4-16(15)9-14/h5-6,9,11,17H,2-4,7-8,10,12H2,1H3,(H,20,21). The molecular formula is C19H23N3O. The highest BCUT2D eigenvalue weighted by Gasteiger charge is 2.29. The number of nitrogens with one attached hydrogen (secondary N) is 1. The molecule has 1 atom stereocenters. The zero-order valence-corrected chi connectivity index (χ0v) is 13.6. The number of benzene rings is 1. The Morgan fingerprint density at radius 3 is 3.04 bits per heavy atom. The molecule has 1 saturated heterocycles. The number of fused-ring (bicyclic) bond motifs is 1. The first-order valence-corrected chi connectivity index (χ1v) is 8.59. The summed E-state index contributed by atoms with van der Waals surface area (Å²) in [7, 11) is 0. The topological polar surface area (TPSA) is 49.0 Å². The van der Waals surface area contributed by atoms with Crippen LogP contribution in [-0.4, -0.2) is 33.9 Å². The minimum atomic E-state index is 0.244. The molecule has 1 N–H and O–H groups in total. The van der Waals surface area contributed by atoms with Gasteiger partial charge in [-0.15, -0.1) is 0 Å². The van der Waals surface area contributed by atoms with Crippen LogP contribution in [0.5, 0.6) is 0 Å². The molecule has 2 aromatic rings. The zero-order valence-electron chi connectivity index (χ0n) is 13.6. The average Bonchev–Trinajstić information content (AvgIpc) is 3.26. The molecule has 2 aliphatic rings. The van der Waals surface area contributed by atoms with E-state index in [9.17, 15) is 4.79 Å². The summed E-state index contributed by atoms with van der Waals surface area (Å²) in [6.45, 7) is 3.65. The van der Waals surface area contributed by atoms with E-state index in [1.54, 1.807) is 0 Å². The van der Waals surface area contributed by atoms with Gasteiger partial charge in [0.05, 0.1) is 6.42 Å². The van der Waals surface area contributed by atoms with Crippen molar-refractivity contribution < 1.29 is 4.79 Å². The number of aromatic nitrogens is 2. The van der Waals surface area contributed by atoms with E-state index in [0.717, 1.165) is 36.6 Å². The summed E-state index contributed by atoms with van der Waals surface area (Å²) in [6.07, 6.45) is 7.01. The Balaban J connectivity index is 1.40. The van der Waals surface area contributed by atoms with Gasteiger partial charge in [-0.05, 0) is 49.3 Å². The van der Waals surface area contributed by atoms with Crippen molar-refractivity contribution in [3.63, 3.8) is 0 Å². The van der Waals surface area contributed by atoms with Crippen molar-refractivity contribution in [1.29, 1.82) is 0 Å². The summed E-state index contributed by atoms with van der Waals surface area (Å²) in [6, 6.07) is 6.58. The second-order valence-corrected chi connectivity index (χ2v) is 6.91. The molecular weight excluding hydrogens is 286 g/mol. The van der Waals surface area contributed by atoms with Crippen LogP contribution in [0.1, 0.15) is 47.0 Å². The molecule has 4 rings (SSSR count). The first-order valence-electron chi connectivity index (χ1n) is 8.59. The van der Waals surface area contributed by atoms with Crippen molar-refractivity contribution in [1.82, 2.24) is 14.9 Å². The van der Waals surface area contributed by atoms with Crippen molar-refractivity contribution in [2.45, 2.75) is 44.9 Å². The lowest BCUT2D eigenvalue weighted by molar-refractivity contribution is -0.129. The lowest BCUT2D eigenvalue weighted by atomic mass is 10.0. The minimum Gasteiger partial charge on any atom is -0.346 e. The fourth-order valence-corrected chi connectivity index (χ4v) is 3.87. The number of H-pyrrole nitrogens is 1. The van der Waals surface area contributed by atoms with Crippen LogP contribution in [0.4, 0.5) is 0 Å². The molecule has 0 saturated carbocycles. The quantitative estimate of drug-likeness (QED) is 0.948. The number of hydrogen-bond donors (Lipinski definition) is 1. The maximum Gasteiger partial charge on any atom is 0.227 e. The highest BCUT2D eigenvalue weighted by molar-refractivity contribution is 5.79. The van der Waals surface area contributed by atoms with E-state index in [4.69, 9.17) is 0 Å². The van der Waals surface area contributed by atoms with Crippen LogP contribution in [-0.2, 0) is 24.1 Å². The van der Waals surface area contributed by atoms with E-state index in [1.807, 2.05) is 18.0 Å². The maximum atomic E-state index is 12.6. The number of carbonyl (C=O) groups is 1. The number of amides is 1. The molecule has 4 nitrogen and oxygen atoms in total. The van der Waals surface area contributed by atoms with Gasteiger partial charge >= 0.3 is 0 Å². The van der Waals surface area contributed by atoms with E-state index < -0.39 is 0 Å². The second-order valence-electron chi connectivity index (χ2n) is 6.91. The molecule has 1 unspecified atom stereocenters. The number of imidazole rings is 1. The largest absolute Gasteiger partial charge is 0.346 e. The third kappa shape index (κ3) is 2.90. The Labute approximate surface area is 136 Å². The fourth-order valence-electron chi connectivity index (χ4n) is 3.87. The molecule has 1 amide bonds. The molecule has 4 heteroatoms. The highest BCUT2D eigenvalue weighted by atomic mass is 16.2. The van der Waals surface area contributed by atoms with Gasteiger partial charge in [0.1, 0.15) is 5.82 Å². The molecule has 23 heavy (non-hydrogen) atoms. The molecule has 1 aliphatic heterocycles. The highest BCUT2D eigenvalue weighted by Crippen LogP contribution is 2.26. The normalized spacial score (nSPS) is 20.0. The average molecular weight is 309 g/mol. The van der Waals surface area contributed by atoms with Crippen LogP contribution >= 0.6 is 0 Å². The molecule has 2 heterocycles. The minimum absolute atomic E-state index is 0.244. The third-order valence-corrected chi connectivity index (χ3v) is 5.17. The number of aryl methyl sites for hydroxylation is 3. The van der Waals surface area contributed by atoms with Crippen LogP contribution in [0, 0.1) is 6.92 Å². The molecule has 120 valence electrons. The third-order valence-electron chi connectivity index (χ3n) is 5.17. The summed E-state index contributed by atoms with van der Waals surface area (Å²) < 4.78 is 0. The molecule has 0 spiro atoms. The Morgan fingerprint density at radius 2 is 2.22 bits per heavy atom. The van der Waals surface area contributed by atoms with Crippen molar-refractivity contribution in [2.75, 3.05) is 13.1 Å². The molecule has 1 aromatic carbocycles. The number of likely N-dealkylation sites (tertiary alicyclic amines) is 1. The first kappa shape index (κ1) is 14.5. The van der Waals surface area contributed by atoms with Crippen molar-refractivity contribution >= 4 is 5.91 Å². The van der Waals surface area contributed by atoms with Gasteiger partial charge in [0, 0.05) is 30.9 Å². The Hall–Kier alpha value is -2.10. The molecule has 1 aliphatic carbocycles. The van der Waals surface area contributed by atoms with Crippen LogP contribution in [0.3, 0.4) is 0 Å². The Kier molecular flexibility index (Phi) is 3.68. The fraction of sp³-hybridized carbons (Fsp3) is 0.474. The maximum absolute atomic E-state index is 12.6. The molecule has 0 bridgehead atoms. The van der Waals surface area contributed by atoms with Gasteiger partial charge in [0.15, 0.2) is 0 Å². The Bertz CT molecular complexity index is 734. The summed E-state index contributed by atoms with van der Waals surface area (Å²) in [4.78, 5) is 22.3. The van der Waals surface area contributed by atoms with Gasteiger partial charge in [-0.3, -0.25) is 4.79 Å². The van der Waals surface area contributed by atoms with Crippen LogP contribution in [0.15, 0.2) is 24.4 Å². The predicted molar refractivity (Wildman–Crippen MR) is 89.4 cm³/mol. The van der Waals surface area contributed by atoms with Gasteiger partial charge in [-0.1, -0.05) is 18.2 Å². The summed E-state index contributed by atoms with van der Waals surface area (Å²) >= 11 is 0. The van der Waals surface area contributed by atoms with E-state index in [-0.39, 0.29) is 5.91 Å². The monoisotopic (exact) mass is 309 g/mol. The predicted octanol–water partition coefficient (Wildman–Crippen LogP) is 2.77. The van der Waals surface area contributed by atoms with Crippen molar-refractivity contribution in [3.8, 4) is 0 Å². The smallest absolute Gasteiger partial charge is 0.227 e. The molecule has 0 radical (unpaired) electrons. The van der Waals surface area contributed by atoms with Crippen LogP contribution < -0.4 is 0 Å². The number of hydrogen-bond acceptors (Lipinski definition) is 2. The second kappa shape index (κ2) is 5.84. The number of rotatable bonds is 3. The van der Waals surface area contributed by atoms with Gasteiger partial charge in [0.25, 0.3) is 0 Å². The summed E-state index contributed by atoms with van der Waals surface area (Å²) in [5.74, 6) is 1.62. The zero-order chi connectivity index (χ0) is 15.8. The molecule has 1 fully saturated rings. The van der Waals surface area contributed by atoms with E-state index in [0.29, 0.717) is 12.3 Å². The van der Waals surface area contributed by atoms with Crippen molar-refractivity contribution in [3.05, 3.63) is 52.6 Å². The van der Waals surface area contributed by atoms with E-state index in [1.165, 1.54) is 30.4 Å². The number of nitrogens with zero attached hydrogens (tertiary/aromatic N) is 2. The Morgan fingerprint density at radius 1 is 1.35 bits per heavy atom. The van der Waals surface area contributed by atoms with Gasteiger partial charge in [0.2, 0.25) is 5.91 Å². The van der Waals surface area contributed by atoms with Gasteiger partial charge < -0.3 is 9.88 Å². The van der Waals surface area contributed by atoms with Crippen LogP contribution in [0.25, 0.3) is 0 Å². The first-order chi connectivity index (χ1) is 11.2. The van der Waals surface area contributed by atoms with E-state index >= 15 is 0 Å². The van der Waals surface area contributed by atoms with Gasteiger partial charge in [-0.25, -0.2) is 4.98 Å². The number of aromatic amines is 1. The SMILES string of the molecule is Cc1cnc(C2CCN(C(=O)Cc3ccc4c(c3)CCC4)C2)[nH]1. The lowest BCUT2D eigenvalue weighted by Crippen LogP contribution is -2.30. The number of carbonyl (C=O) groups excluding carboxylic acids is 1. The summed E-state index contributed by atoms with van der Waals surface area (Å²) in [5.41, 5.74) is 5.16. The van der Waals surface area contributed by atoms with E-state index in [2.05, 4.69) is 28.2 Å².